The smallest absolute Gasteiger partial charge is 0.312 e. The number of rotatable bonds is 19. The minimum atomic E-state index is -0.931. The highest BCUT2D eigenvalue weighted by Gasteiger charge is 2.25. The SMILES string of the molecule is CC(C)C(NC(=O)CNC(=O)C(N)CCCCN)C(=O)NCC(=O)Nc1ccc(CO)c(NO)c1.CCCCN.CCCNC(N)=O. The maximum atomic E-state index is 12.6. The van der Waals surface area contributed by atoms with Crippen LogP contribution >= 0.6 is 0 Å². The molecule has 47 heavy (non-hydrogen) atoms. The molecule has 6 amide bonds. The average molecular weight is 671 g/mol. The summed E-state index contributed by atoms with van der Waals surface area (Å²) in [5.41, 5.74) is 24.0. The molecular weight excluding hydrogens is 612 g/mol. The maximum absolute atomic E-state index is 12.6. The van der Waals surface area contributed by atoms with Gasteiger partial charge in [0.15, 0.2) is 0 Å². The lowest BCUT2D eigenvalue weighted by Gasteiger charge is -2.22. The lowest BCUT2D eigenvalue weighted by molar-refractivity contribution is -0.131. The van der Waals surface area contributed by atoms with Gasteiger partial charge in [-0.25, -0.2) is 4.79 Å². The first kappa shape index (κ1) is 45.1. The van der Waals surface area contributed by atoms with E-state index in [-0.39, 0.29) is 31.3 Å². The van der Waals surface area contributed by atoms with Gasteiger partial charge in [0.2, 0.25) is 23.6 Å². The number of unbranched alkanes of at least 4 members (excludes halogenated alkanes) is 2. The molecule has 1 rings (SSSR count). The van der Waals surface area contributed by atoms with Crippen molar-refractivity contribution in [3.8, 4) is 0 Å². The Hall–Kier alpha value is -4.03. The fraction of sp³-hybridized carbons (Fsp3) is 0.633. The molecule has 0 spiro atoms. The molecule has 0 aliphatic rings. The van der Waals surface area contributed by atoms with E-state index in [2.05, 4.69) is 33.5 Å². The number of hydrogen-bond donors (Lipinski definition) is 12. The van der Waals surface area contributed by atoms with Crippen LogP contribution < -0.4 is 55.0 Å². The second-order valence-corrected chi connectivity index (χ2v) is 10.7. The Bertz CT molecular complexity index is 1060. The number of amides is 6. The van der Waals surface area contributed by atoms with Crippen LogP contribution in [0.5, 0.6) is 0 Å². The zero-order valence-electron chi connectivity index (χ0n) is 28.2. The summed E-state index contributed by atoms with van der Waals surface area (Å²) in [6.07, 6.45) is 5.22. The zero-order valence-corrected chi connectivity index (χ0v) is 28.2. The molecule has 0 saturated heterocycles. The van der Waals surface area contributed by atoms with Crippen LogP contribution in [0, 0.1) is 5.92 Å². The van der Waals surface area contributed by atoms with E-state index >= 15 is 0 Å². The summed E-state index contributed by atoms with van der Waals surface area (Å²) in [5, 5.41) is 30.8. The molecule has 0 heterocycles. The van der Waals surface area contributed by atoms with E-state index in [1.54, 1.807) is 13.8 Å². The fourth-order valence-corrected chi connectivity index (χ4v) is 3.53. The molecule has 0 saturated carbocycles. The van der Waals surface area contributed by atoms with Crippen LogP contribution in [-0.4, -0.2) is 84.8 Å². The normalized spacial score (nSPS) is 11.4. The molecule has 0 aliphatic heterocycles. The summed E-state index contributed by atoms with van der Waals surface area (Å²) < 4.78 is 0. The number of aliphatic hydroxyl groups is 1. The third kappa shape index (κ3) is 23.0. The van der Waals surface area contributed by atoms with Gasteiger partial charge in [-0.2, -0.15) is 0 Å². The topological polar surface area (TPSA) is 302 Å². The minimum absolute atomic E-state index is 0.223. The Labute approximate surface area is 277 Å². The summed E-state index contributed by atoms with van der Waals surface area (Å²) >= 11 is 0. The molecule has 0 fully saturated rings. The van der Waals surface area contributed by atoms with Crippen LogP contribution in [0.4, 0.5) is 16.2 Å². The van der Waals surface area contributed by atoms with Gasteiger partial charge in [-0.1, -0.05) is 46.6 Å². The van der Waals surface area contributed by atoms with Crippen LogP contribution in [-0.2, 0) is 25.8 Å². The molecule has 1 aromatic carbocycles. The van der Waals surface area contributed by atoms with Gasteiger partial charge in [0.25, 0.3) is 0 Å². The Kier molecular flexibility index (Phi) is 27.1. The summed E-state index contributed by atoms with van der Waals surface area (Å²) in [4.78, 5) is 58.9. The first-order valence-electron chi connectivity index (χ1n) is 15.8. The highest BCUT2D eigenvalue weighted by atomic mass is 16.5. The van der Waals surface area contributed by atoms with E-state index in [9.17, 15) is 29.1 Å². The van der Waals surface area contributed by atoms with Crippen molar-refractivity contribution in [1.29, 1.82) is 0 Å². The molecule has 16 N–H and O–H groups in total. The quantitative estimate of drug-likeness (QED) is 0.0661. The number of anilines is 2. The van der Waals surface area contributed by atoms with Gasteiger partial charge in [0, 0.05) is 17.8 Å². The van der Waals surface area contributed by atoms with Crippen molar-refractivity contribution >= 4 is 41.0 Å². The van der Waals surface area contributed by atoms with Gasteiger partial charge in [0.05, 0.1) is 31.4 Å². The van der Waals surface area contributed by atoms with Gasteiger partial charge in [-0.15, -0.1) is 0 Å². The Morgan fingerprint density at radius 2 is 1.47 bits per heavy atom. The third-order valence-corrected chi connectivity index (χ3v) is 6.21. The Morgan fingerprint density at radius 3 is 1.94 bits per heavy atom. The molecular formula is C30H58N10O7. The van der Waals surface area contributed by atoms with Crippen molar-refractivity contribution in [2.45, 2.75) is 84.9 Å². The zero-order chi connectivity index (χ0) is 36.2. The molecule has 270 valence electrons. The number of hydrogen-bond acceptors (Lipinski definition) is 11. The molecule has 0 radical (unpaired) electrons. The highest BCUT2D eigenvalue weighted by molar-refractivity contribution is 5.96. The number of carbonyl (C=O) groups excluding carboxylic acids is 5. The molecule has 1 aromatic rings. The maximum Gasteiger partial charge on any atom is 0.312 e. The molecule has 0 aliphatic carbocycles. The number of nitrogens with two attached hydrogens (primary N) is 4. The standard InChI is InChI=1S/C22H37N7O6.C4H10N2O.C4H11N/c1-13(2)20(28-19(32)11-25-21(33)16(24)5-3-4-8-23)22(34)26-10-18(31)27-15-7-6-14(12-30)17(9-15)29-35;1-2-3-6-4(5)7;1-2-3-4-5/h6-7,9,13,16,20,29-30,35H,3-5,8,10-12,23-24H2,1-2H3,(H,25,33)(H,26,34)(H,27,31)(H,28,32);2-3H2,1H3,(H3,5,6,7);2-5H2,1H3. The predicted octanol–water partition coefficient (Wildman–Crippen LogP) is -0.442. The van der Waals surface area contributed by atoms with Gasteiger partial charge in [-0.05, 0) is 56.8 Å². The molecule has 0 aromatic heterocycles. The van der Waals surface area contributed by atoms with E-state index in [1.807, 2.05) is 12.4 Å². The lowest BCUT2D eigenvalue weighted by atomic mass is 10.0. The summed E-state index contributed by atoms with van der Waals surface area (Å²) in [5.74, 6) is -2.43. The number of carbonyl (C=O) groups is 5. The minimum Gasteiger partial charge on any atom is -0.392 e. The Balaban J connectivity index is 0. The first-order valence-corrected chi connectivity index (χ1v) is 15.8. The second kappa shape index (κ2) is 28.2. The van der Waals surface area contributed by atoms with E-state index in [1.165, 1.54) is 31.0 Å². The fourth-order valence-electron chi connectivity index (χ4n) is 3.53. The van der Waals surface area contributed by atoms with E-state index in [4.69, 9.17) is 28.1 Å². The molecule has 0 bridgehead atoms. The van der Waals surface area contributed by atoms with Gasteiger partial charge < -0.3 is 54.6 Å². The predicted molar refractivity (Wildman–Crippen MR) is 182 cm³/mol. The number of aliphatic hydroxyl groups excluding tert-OH is 1. The van der Waals surface area contributed by atoms with E-state index in [0.717, 1.165) is 19.4 Å². The van der Waals surface area contributed by atoms with E-state index < -0.39 is 41.7 Å². The van der Waals surface area contributed by atoms with Crippen molar-refractivity contribution in [3.63, 3.8) is 0 Å². The number of nitrogens with one attached hydrogen (secondary N) is 6. The number of urea groups is 1. The van der Waals surface area contributed by atoms with Crippen molar-refractivity contribution in [3.05, 3.63) is 23.8 Å². The largest absolute Gasteiger partial charge is 0.392 e. The summed E-state index contributed by atoms with van der Waals surface area (Å²) in [6.45, 7) is 8.57. The average Bonchev–Trinajstić information content (AvgIpc) is 3.04. The monoisotopic (exact) mass is 670 g/mol. The Morgan fingerprint density at radius 1 is 0.851 bits per heavy atom. The lowest BCUT2D eigenvalue weighted by Crippen LogP contribution is -2.53. The highest BCUT2D eigenvalue weighted by Crippen LogP contribution is 2.20. The van der Waals surface area contributed by atoms with Crippen molar-refractivity contribution in [1.82, 2.24) is 21.3 Å². The van der Waals surface area contributed by atoms with Crippen LogP contribution in [0.1, 0.15) is 71.8 Å². The van der Waals surface area contributed by atoms with Gasteiger partial charge in [-0.3, -0.25) is 29.9 Å². The summed E-state index contributed by atoms with van der Waals surface area (Å²) in [6, 6.07) is 2.34. The molecule has 2 atom stereocenters. The van der Waals surface area contributed by atoms with Crippen LogP contribution in [0.2, 0.25) is 0 Å². The van der Waals surface area contributed by atoms with Crippen molar-refractivity contribution in [2.24, 2.45) is 28.9 Å². The second-order valence-electron chi connectivity index (χ2n) is 10.7. The molecule has 17 heteroatoms. The molecule has 17 nitrogen and oxygen atoms in total. The van der Waals surface area contributed by atoms with Gasteiger partial charge in [0.1, 0.15) is 6.04 Å². The van der Waals surface area contributed by atoms with Crippen LogP contribution in [0.15, 0.2) is 18.2 Å². The third-order valence-electron chi connectivity index (χ3n) is 6.21. The summed E-state index contributed by atoms with van der Waals surface area (Å²) in [7, 11) is 0. The van der Waals surface area contributed by atoms with Gasteiger partial charge >= 0.3 is 6.03 Å². The number of benzene rings is 1. The van der Waals surface area contributed by atoms with E-state index in [0.29, 0.717) is 37.2 Å². The van der Waals surface area contributed by atoms with Crippen molar-refractivity contribution < 1.29 is 34.3 Å². The van der Waals surface area contributed by atoms with Crippen LogP contribution in [0.3, 0.4) is 0 Å². The molecule has 2 unspecified atom stereocenters. The van der Waals surface area contributed by atoms with Crippen LogP contribution in [0.25, 0.3) is 0 Å². The number of primary amides is 1. The van der Waals surface area contributed by atoms with Crippen molar-refractivity contribution in [2.75, 3.05) is 43.5 Å². The first-order chi connectivity index (χ1) is 22.3.